The van der Waals surface area contributed by atoms with E-state index in [4.69, 9.17) is 9.47 Å². The molecule has 8 rings (SSSR count). The average molecular weight is 681 g/mol. The molecule has 2 aliphatic heterocycles. The third-order valence-electron chi connectivity index (χ3n) is 8.36. The van der Waals surface area contributed by atoms with Crippen molar-refractivity contribution in [2.24, 2.45) is 0 Å². The summed E-state index contributed by atoms with van der Waals surface area (Å²) in [5, 5.41) is 5.74. The van der Waals surface area contributed by atoms with E-state index < -0.39 is 12.2 Å². The van der Waals surface area contributed by atoms with Gasteiger partial charge >= 0.3 is 12.2 Å². The number of carbonyl (C=O) groups is 2. The van der Waals surface area contributed by atoms with Crippen molar-refractivity contribution in [1.82, 2.24) is 20.6 Å². The minimum Gasteiger partial charge on any atom is -0.439 e. The van der Waals surface area contributed by atoms with Crippen molar-refractivity contribution in [1.29, 1.82) is 0 Å². The summed E-state index contributed by atoms with van der Waals surface area (Å²) in [4.78, 5) is 32.2. The van der Waals surface area contributed by atoms with Crippen molar-refractivity contribution in [3.8, 4) is 23.7 Å². The quantitative estimate of drug-likeness (QED) is 0.183. The molecule has 0 saturated carbocycles. The fraction of sp³-hybridized carbons (Fsp3) is 0.0909. The van der Waals surface area contributed by atoms with Crippen molar-refractivity contribution >= 4 is 12.2 Å². The Kier molecular flexibility index (Phi) is 10.3. The minimum absolute atomic E-state index is 0.295. The zero-order valence-corrected chi connectivity index (χ0v) is 27.8. The summed E-state index contributed by atoms with van der Waals surface area (Å²) in [6.45, 7) is 0. The lowest BCUT2D eigenvalue weighted by Gasteiger charge is -2.17. The van der Waals surface area contributed by atoms with Crippen LogP contribution >= 0.6 is 0 Å². The monoisotopic (exact) mass is 680 g/mol. The predicted molar refractivity (Wildman–Crippen MR) is 196 cm³/mol. The second-order valence-corrected chi connectivity index (χ2v) is 12.0. The maximum Gasteiger partial charge on any atom is 0.408 e. The molecule has 8 nitrogen and oxygen atoms in total. The number of alkyl carbamates (subject to hydrolysis) is 2. The van der Waals surface area contributed by atoms with Gasteiger partial charge in [-0.15, -0.1) is 0 Å². The van der Waals surface area contributed by atoms with Crippen LogP contribution in [0.3, 0.4) is 0 Å². The molecule has 2 N–H and O–H groups in total. The molecule has 252 valence electrons. The van der Waals surface area contributed by atoms with E-state index in [1.807, 2.05) is 133 Å². The van der Waals surface area contributed by atoms with Crippen molar-refractivity contribution < 1.29 is 19.1 Å². The number of amides is 2. The zero-order valence-electron chi connectivity index (χ0n) is 27.8. The number of benzene rings is 4. The van der Waals surface area contributed by atoms with E-state index in [-0.39, 0.29) is 24.3 Å². The molecule has 52 heavy (non-hydrogen) atoms. The summed E-state index contributed by atoms with van der Waals surface area (Å²) in [5.41, 5.74) is 7.08. The van der Waals surface area contributed by atoms with Crippen LogP contribution in [0.1, 0.15) is 68.8 Å². The van der Waals surface area contributed by atoms with E-state index in [1.54, 1.807) is 24.8 Å². The van der Waals surface area contributed by atoms with E-state index in [0.717, 1.165) is 44.5 Å². The minimum atomic E-state index is -0.426. The summed E-state index contributed by atoms with van der Waals surface area (Å²) in [6, 6.07) is 42.2. The molecule has 2 fully saturated rings. The molecule has 6 aromatic rings. The molecule has 0 bridgehead atoms. The number of nitrogens with one attached hydrogen (secondary N) is 2. The Morgan fingerprint density at radius 2 is 0.769 bits per heavy atom. The predicted octanol–water partition coefficient (Wildman–Crippen LogP) is 8.01. The maximum atomic E-state index is 11.8. The number of aromatic nitrogens is 2. The van der Waals surface area contributed by atoms with Gasteiger partial charge in [0.1, 0.15) is 12.1 Å². The third kappa shape index (κ3) is 8.34. The molecule has 0 aliphatic carbocycles. The summed E-state index contributed by atoms with van der Waals surface area (Å²) >= 11 is 0. The fourth-order valence-electron chi connectivity index (χ4n) is 5.89. The Labute approximate surface area is 301 Å². The Bertz CT molecular complexity index is 2110. The zero-order chi connectivity index (χ0) is 35.5. The van der Waals surface area contributed by atoms with Gasteiger partial charge in [-0.25, -0.2) is 9.59 Å². The van der Waals surface area contributed by atoms with Crippen molar-refractivity contribution in [3.05, 3.63) is 203 Å². The van der Waals surface area contributed by atoms with E-state index in [9.17, 15) is 9.59 Å². The van der Waals surface area contributed by atoms with Gasteiger partial charge in [-0.1, -0.05) is 121 Å². The number of ether oxygens (including phenoxy) is 2. The Morgan fingerprint density at radius 1 is 0.423 bits per heavy atom. The first-order valence-corrected chi connectivity index (χ1v) is 16.7. The number of nitrogens with zero attached hydrogens (tertiary/aromatic N) is 2. The molecule has 0 radical (unpaired) electrons. The molecule has 0 unspecified atom stereocenters. The van der Waals surface area contributed by atoms with Gasteiger partial charge in [0.15, 0.2) is 12.2 Å². The maximum absolute atomic E-state index is 11.8. The molecule has 2 aliphatic rings. The molecular formula is C44H32N4O4. The molecule has 2 aromatic heterocycles. The Balaban J connectivity index is 0.000000162. The first-order valence-electron chi connectivity index (χ1n) is 16.7. The van der Waals surface area contributed by atoms with Crippen LogP contribution in [0.4, 0.5) is 9.59 Å². The van der Waals surface area contributed by atoms with Gasteiger partial charge in [0.05, 0.1) is 0 Å². The second-order valence-electron chi connectivity index (χ2n) is 12.0. The smallest absolute Gasteiger partial charge is 0.408 e. The van der Waals surface area contributed by atoms with Gasteiger partial charge in [0, 0.05) is 47.0 Å². The summed E-state index contributed by atoms with van der Waals surface area (Å²) in [7, 11) is 0. The van der Waals surface area contributed by atoms with E-state index >= 15 is 0 Å². The van der Waals surface area contributed by atoms with Crippen LogP contribution < -0.4 is 10.6 Å². The highest BCUT2D eigenvalue weighted by molar-refractivity contribution is 5.72. The number of hydrogen-bond acceptors (Lipinski definition) is 6. The number of hydrogen-bond donors (Lipinski definition) is 2. The highest BCUT2D eigenvalue weighted by Gasteiger charge is 2.37. The summed E-state index contributed by atoms with van der Waals surface area (Å²) < 4.78 is 10.9. The molecule has 4 heterocycles. The normalized spacial score (nSPS) is 18.4. The van der Waals surface area contributed by atoms with Crippen LogP contribution in [0.2, 0.25) is 0 Å². The van der Waals surface area contributed by atoms with Crippen LogP contribution in [-0.4, -0.2) is 22.2 Å². The first-order chi connectivity index (χ1) is 25.6. The van der Waals surface area contributed by atoms with Crippen LogP contribution in [0.5, 0.6) is 0 Å². The molecule has 4 atom stereocenters. The highest BCUT2D eigenvalue weighted by Crippen LogP contribution is 2.37. The number of pyridine rings is 2. The molecule has 2 saturated heterocycles. The number of carbonyl (C=O) groups excluding carboxylic acids is 2. The van der Waals surface area contributed by atoms with Gasteiger partial charge in [-0.05, 0) is 58.7 Å². The molecule has 0 spiro atoms. The van der Waals surface area contributed by atoms with Crippen LogP contribution in [0.25, 0.3) is 0 Å². The lowest BCUT2D eigenvalue weighted by atomic mass is 9.97. The third-order valence-corrected chi connectivity index (χ3v) is 8.36. The number of cyclic esters (lactones) is 2. The van der Waals surface area contributed by atoms with Crippen molar-refractivity contribution in [3.63, 3.8) is 0 Å². The fourth-order valence-corrected chi connectivity index (χ4v) is 5.89. The highest BCUT2D eigenvalue weighted by atomic mass is 16.6. The van der Waals surface area contributed by atoms with Gasteiger partial charge in [-0.2, -0.15) is 0 Å². The van der Waals surface area contributed by atoms with Crippen LogP contribution in [-0.2, 0) is 9.47 Å². The van der Waals surface area contributed by atoms with Crippen LogP contribution in [0.15, 0.2) is 158 Å². The Hall–Kier alpha value is -7.16. The van der Waals surface area contributed by atoms with E-state index in [2.05, 4.69) is 44.3 Å². The van der Waals surface area contributed by atoms with Crippen molar-refractivity contribution in [2.45, 2.75) is 24.3 Å². The standard InChI is InChI=1S/2C22H16N2O2/c2*25-22-24-20(21(26-22)18-9-5-2-6-10-18)19-13-17(14-23-15-19)12-11-16-7-3-1-4-8-16/h2*1-10,13-15,20-21H,(H,24,25)/t2*20-,21-/m10/s1. The summed E-state index contributed by atoms with van der Waals surface area (Å²) in [5.74, 6) is 12.5. The summed E-state index contributed by atoms with van der Waals surface area (Å²) in [6.07, 6.45) is 5.29. The van der Waals surface area contributed by atoms with Gasteiger partial charge in [0.25, 0.3) is 0 Å². The Morgan fingerprint density at radius 3 is 1.15 bits per heavy atom. The SMILES string of the molecule is O=C1N[C@@H](c2cncc(C#Cc3ccccc3)c2)[C@H](c2ccccc2)O1.O=C1N[C@H](c2cncc(C#Cc3ccccc3)c2)[C@@H](c2ccccc2)O1. The lowest BCUT2D eigenvalue weighted by Crippen LogP contribution is -2.19. The van der Waals surface area contributed by atoms with Gasteiger partial charge in [-0.3, -0.25) is 9.97 Å². The molecule has 4 aromatic carbocycles. The van der Waals surface area contributed by atoms with Gasteiger partial charge in [0.2, 0.25) is 0 Å². The van der Waals surface area contributed by atoms with Crippen LogP contribution in [0, 0.1) is 23.7 Å². The number of rotatable bonds is 4. The van der Waals surface area contributed by atoms with Gasteiger partial charge < -0.3 is 20.1 Å². The first kappa shape index (κ1) is 33.3. The molecule has 2 amide bonds. The molecular weight excluding hydrogens is 649 g/mol. The lowest BCUT2D eigenvalue weighted by molar-refractivity contribution is 0.131. The second kappa shape index (κ2) is 16.0. The van der Waals surface area contributed by atoms with E-state index in [0.29, 0.717) is 0 Å². The largest absolute Gasteiger partial charge is 0.439 e. The topological polar surface area (TPSA) is 102 Å². The molecule has 8 heteroatoms. The average Bonchev–Trinajstić information content (AvgIpc) is 3.81. The van der Waals surface area contributed by atoms with Crippen molar-refractivity contribution in [2.75, 3.05) is 0 Å². The van der Waals surface area contributed by atoms with E-state index in [1.165, 1.54) is 0 Å².